The summed E-state index contributed by atoms with van der Waals surface area (Å²) in [6.07, 6.45) is 0. The molecule has 4 aromatic rings. The number of fused-ring (bicyclic) bond motifs is 1. The summed E-state index contributed by atoms with van der Waals surface area (Å²) in [6, 6.07) is 21.9. The van der Waals surface area contributed by atoms with Gasteiger partial charge in [-0.25, -0.2) is 0 Å². The van der Waals surface area contributed by atoms with E-state index in [1.165, 1.54) is 0 Å². The van der Waals surface area contributed by atoms with E-state index >= 15 is 0 Å². The van der Waals surface area contributed by atoms with Crippen LogP contribution in [0.1, 0.15) is 37.6 Å². The number of furan rings is 1. The van der Waals surface area contributed by atoms with E-state index in [0.717, 1.165) is 16.5 Å². The first kappa shape index (κ1) is 17.7. The van der Waals surface area contributed by atoms with Gasteiger partial charge in [0.15, 0.2) is 5.76 Å². The van der Waals surface area contributed by atoms with Gasteiger partial charge in [0.2, 0.25) is 5.78 Å². The molecule has 28 heavy (non-hydrogen) atoms. The Balaban J connectivity index is 1.66. The number of aryl methyl sites for hydroxylation is 2. The van der Waals surface area contributed by atoms with Crippen molar-refractivity contribution in [3.8, 4) is 0 Å². The highest BCUT2D eigenvalue weighted by atomic mass is 16.3. The summed E-state index contributed by atoms with van der Waals surface area (Å²) in [7, 11) is 0. The summed E-state index contributed by atoms with van der Waals surface area (Å²) in [4.78, 5) is 25.3. The van der Waals surface area contributed by atoms with Crippen molar-refractivity contribution in [2.75, 3.05) is 5.32 Å². The molecule has 138 valence electrons. The molecule has 3 aromatic carbocycles. The molecule has 0 aliphatic carbocycles. The predicted molar refractivity (Wildman–Crippen MR) is 110 cm³/mol. The molecule has 4 heteroatoms. The number of carbonyl (C=O) groups is 2. The Morgan fingerprint density at radius 3 is 2.32 bits per heavy atom. The normalized spacial score (nSPS) is 10.8. The molecule has 0 aliphatic rings. The number of carbonyl (C=O) groups excluding carboxylic acids is 2. The van der Waals surface area contributed by atoms with Crippen LogP contribution in [0.3, 0.4) is 0 Å². The van der Waals surface area contributed by atoms with Crippen LogP contribution in [-0.4, -0.2) is 11.7 Å². The van der Waals surface area contributed by atoms with Crippen molar-refractivity contribution in [1.82, 2.24) is 0 Å². The number of hydrogen-bond acceptors (Lipinski definition) is 3. The molecule has 0 saturated heterocycles. The molecule has 0 radical (unpaired) electrons. The maximum absolute atomic E-state index is 12.8. The van der Waals surface area contributed by atoms with Crippen molar-refractivity contribution in [2.24, 2.45) is 0 Å². The third-order valence-corrected chi connectivity index (χ3v) is 4.83. The Labute approximate surface area is 162 Å². The van der Waals surface area contributed by atoms with Gasteiger partial charge in [-0.15, -0.1) is 0 Å². The maximum atomic E-state index is 12.8. The first-order valence-electron chi connectivity index (χ1n) is 9.04. The van der Waals surface area contributed by atoms with Gasteiger partial charge in [0.1, 0.15) is 5.58 Å². The molecule has 1 aromatic heterocycles. The zero-order valence-electron chi connectivity index (χ0n) is 15.7. The molecule has 1 heterocycles. The number of anilines is 1. The summed E-state index contributed by atoms with van der Waals surface area (Å²) >= 11 is 0. The van der Waals surface area contributed by atoms with Crippen LogP contribution in [0.5, 0.6) is 0 Å². The van der Waals surface area contributed by atoms with Crippen LogP contribution in [-0.2, 0) is 0 Å². The smallest absolute Gasteiger partial charge is 0.255 e. The summed E-state index contributed by atoms with van der Waals surface area (Å²) in [5.74, 6) is -0.00955. The van der Waals surface area contributed by atoms with Gasteiger partial charge in [-0.1, -0.05) is 48.5 Å². The number of nitrogens with one attached hydrogen (secondary N) is 1. The summed E-state index contributed by atoms with van der Waals surface area (Å²) in [6.45, 7) is 3.77. The monoisotopic (exact) mass is 369 g/mol. The molecule has 0 unspecified atom stereocenters. The van der Waals surface area contributed by atoms with E-state index in [2.05, 4.69) is 5.32 Å². The van der Waals surface area contributed by atoms with Gasteiger partial charge in [-0.05, 0) is 37.6 Å². The maximum Gasteiger partial charge on any atom is 0.255 e. The van der Waals surface area contributed by atoms with Gasteiger partial charge in [0.25, 0.3) is 5.91 Å². The number of amides is 1. The quantitative estimate of drug-likeness (QED) is 0.481. The lowest BCUT2D eigenvalue weighted by molar-refractivity contribution is 0.101. The lowest BCUT2D eigenvalue weighted by atomic mass is 10.0. The lowest BCUT2D eigenvalue weighted by Crippen LogP contribution is -2.13. The van der Waals surface area contributed by atoms with Gasteiger partial charge < -0.3 is 9.73 Å². The predicted octanol–water partition coefficient (Wildman–Crippen LogP) is 5.53. The minimum Gasteiger partial charge on any atom is -0.452 e. The molecule has 0 saturated carbocycles. The van der Waals surface area contributed by atoms with Gasteiger partial charge >= 0.3 is 0 Å². The average molecular weight is 369 g/mol. The molecule has 1 N–H and O–H groups in total. The summed E-state index contributed by atoms with van der Waals surface area (Å²) < 4.78 is 5.87. The molecule has 4 nitrogen and oxygen atoms in total. The summed E-state index contributed by atoms with van der Waals surface area (Å²) in [5, 5.41) is 3.75. The van der Waals surface area contributed by atoms with E-state index in [4.69, 9.17) is 4.42 Å². The Bertz CT molecular complexity index is 1190. The SMILES string of the molecule is Cc1ccccc1C(=O)Nc1ccc2c(C)c(C(=O)c3ccccc3)oc2c1. The third kappa shape index (κ3) is 3.21. The molecular formula is C24H19NO3. The van der Waals surface area contributed by atoms with Crippen LogP contribution >= 0.6 is 0 Å². The molecular weight excluding hydrogens is 350 g/mol. The number of ketones is 1. The van der Waals surface area contributed by atoms with Gasteiger partial charge in [-0.3, -0.25) is 9.59 Å². The van der Waals surface area contributed by atoms with E-state index in [1.807, 2.05) is 62.4 Å². The van der Waals surface area contributed by atoms with Crippen molar-refractivity contribution in [3.05, 3.63) is 101 Å². The molecule has 0 fully saturated rings. The topological polar surface area (TPSA) is 59.3 Å². The van der Waals surface area contributed by atoms with E-state index in [9.17, 15) is 9.59 Å². The Hall–Kier alpha value is -3.66. The van der Waals surface area contributed by atoms with Gasteiger partial charge in [0.05, 0.1) is 0 Å². The van der Waals surface area contributed by atoms with Crippen molar-refractivity contribution in [3.63, 3.8) is 0 Å². The zero-order chi connectivity index (χ0) is 19.7. The first-order valence-corrected chi connectivity index (χ1v) is 9.04. The highest BCUT2D eigenvalue weighted by Gasteiger charge is 2.19. The second-order valence-electron chi connectivity index (χ2n) is 6.73. The fourth-order valence-corrected chi connectivity index (χ4v) is 3.27. The molecule has 0 aliphatic heterocycles. The molecule has 1 amide bonds. The van der Waals surface area contributed by atoms with Gasteiger partial charge in [-0.2, -0.15) is 0 Å². The van der Waals surface area contributed by atoms with Gasteiger partial charge in [0, 0.05) is 33.8 Å². The first-order chi connectivity index (χ1) is 13.5. The minimum atomic E-state index is -0.179. The van der Waals surface area contributed by atoms with Crippen LogP contribution in [0, 0.1) is 13.8 Å². The Morgan fingerprint density at radius 1 is 0.857 bits per heavy atom. The van der Waals surface area contributed by atoms with Crippen molar-refractivity contribution >= 4 is 28.3 Å². The molecule has 0 spiro atoms. The van der Waals surface area contributed by atoms with Crippen molar-refractivity contribution in [1.29, 1.82) is 0 Å². The van der Waals surface area contributed by atoms with Crippen molar-refractivity contribution < 1.29 is 14.0 Å². The van der Waals surface area contributed by atoms with E-state index in [-0.39, 0.29) is 11.7 Å². The molecule has 4 rings (SSSR count). The fraction of sp³-hybridized carbons (Fsp3) is 0.0833. The van der Waals surface area contributed by atoms with Crippen LogP contribution < -0.4 is 5.32 Å². The minimum absolute atomic E-state index is 0.153. The standard InChI is InChI=1S/C24H19NO3/c1-15-8-6-7-11-19(15)24(27)25-18-12-13-20-16(2)23(28-21(20)14-18)22(26)17-9-4-3-5-10-17/h3-14H,1-2H3,(H,25,27). The van der Waals surface area contributed by atoms with Crippen molar-refractivity contribution in [2.45, 2.75) is 13.8 Å². The Morgan fingerprint density at radius 2 is 1.57 bits per heavy atom. The van der Waals surface area contributed by atoms with E-state index in [1.54, 1.807) is 24.3 Å². The van der Waals surface area contributed by atoms with Crippen LogP contribution in [0.4, 0.5) is 5.69 Å². The lowest BCUT2D eigenvalue weighted by Gasteiger charge is -2.07. The Kier molecular flexibility index (Phi) is 4.53. The number of rotatable bonds is 4. The summed E-state index contributed by atoms with van der Waals surface area (Å²) in [5.41, 5.74) is 4.09. The third-order valence-electron chi connectivity index (χ3n) is 4.83. The zero-order valence-corrected chi connectivity index (χ0v) is 15.7. The largest absolute Gasteiger partial charge is 0.452 e. The number of hydrogen-bond donors (Lipinski definition) is 1. The second kappa shape index (κ2) is 7.16. The number of benzene rings is 3. The van der Waals surface area contributed by atoms with Crippen LogP contribution in [0.2, 0.25) is 0 Å². The highest BCUT2D eigenvalue weighted by molar-refractivity contribution is 6.11. The molecule has 0 atom stereocenters. The van der Waals surface area contributed by atoms with Crippen LogP contribution in [0.25, 0.3) is 11.0 Å². The second-order valence-corrected chi connectivity index (χ2v) is 6.73. The highest BCUT2D eigenvalue weighted by Crippen LogP contribution is 2.29. The average Bonchev–Trinajstić information content (AvgIpc) is 3.04. The molecule has 0 bridgehead atoms. The van der Waals surface area contributed by atoms with Crippen LogP contribution in [0.15, 0.2) is 77.2 Å². The van der Waals surface area contributed by atoms with E-state index in [0.29, 0.717) is 28.2 Å². The van der Waals surface area contributed by atoms with E-state index < -0.39 is 0 Å². The fourth-order valence-electron chi connectivity index (χ4n) is 3.27.